The van der Waals surface area contributed by atoms with Gasteiger partial charge in [-0.25, -0.2) is 0 Å². The summed E-state index contributed by atoms with van der Waals surface area (Å²) in [6, 6.07) is 63.8. The molecule has 0 heteroatoms. The highest BCUT2D eigenvalue weighted by Crippen LogP contribution is 2.56. The predicted molar refractivity (Wildman–Crippen MR) is 230 cm³/mol. The van der Waals surface area contributed by atoms with Gasteiger partial charge < -0.3 is 0 Å². The van der Waals surface area contributed by atoms with Gasteiger partial charge in [-0.3, -0.25) is 0 Å². The van der Waals surface area contributed by atoms with Gasteiger partial charge in [0.1, 0.15) is 0 Å². The molecule has 0 amide bonds. The van der Waals surface area contributed by atoms with Crippen molar-refractivity contribution in [1.82, 2.24) is 0 Å². The minimum Gasteiger partial charge on any atom is -0.0622 e. The van der Waals surface area contributed by atoms with Crippen molar-refractivity contribution in [2.24, 2.45) is 0 Å². The monoisotopic (exact) mass is 688 g/mol. The maximum atomic E-state index is 2.53. The molecule has 0 heterocycles. The second kappa shape index (κ2) is 11.1. The Kier molecular flexibility index (Phi) is 6.46. The highest BCUT2D eigenvalue weighted by Gasteiger charge is 2.41. The first-order valence-corrected chi connectivity index (χ1v) is 19.3. The Balaban J connectivity index is 1.10. The molecule has 2 aliphatic carbocycles. The third kappa shape index (κ3) is 4.20. The summed E-state index contributed by atoms with van der Waals surface area (Å²) in [4.78, 5) is 0. The Labute approximate surface area is 317 Å². The third-order valence-corrected chi connectivity index (χ3v) is 12.9. The lowest BCUT2D eigenvalue weighted by atomic mass is 9.77. The van der Waals surface area contributed by atoms with Crippen molar-refractivity contribution in [3.8, 4) is 55.6 Å². The zero-order chi connectivity index (χ0) is 36.3. The lowest BCUT2D eigenvalue weighted by Crippen LogP contribution is -2.18. The van der Waals surface area contributed by atoms with E-state index in [1.165, 1.54) is 110 Å². The van der Waals surface area contributed by atoms with Crippen LogP contribution in [0.4, 0.5) is 0 Å². The highest BCUT2D eigenvalue weighted by molar-refractivity contribution is 6.24. The first-order valence-electron chi connectivity index (χ1n) is 19.3. The van der Waals surface area contributed by atoms with Gasteiger partial charge >= 0.3 is 0 Å². The zero-order valence-electron chi connectivity index (χ0n) is 31.2. The van der Waals surface area contributed by atoms with Gasteiger partial charge in [-0.1, -0.05) is 185 Å². The van der Waals surface area contributed by atoms with Crippen molar-refractivity contribution in [2.75, 3.05) is 0 Å². The van der Waals surface area contributed by atoms with E-state index in [2.05, 4.69) is 198 Å². The molecular weight excluding hydrogens is 649 g/mol. The smallest absolute Gasteiger partial charge is 0.0159 e. The van der Waals surface area contributed by atoms with E-state index in [9.17, 15) is 0 Å². The molecule has 0 atom stereocenters. The van der Waals surface area contributed by atoms with Crippen LogP contribution in [0.5, 0.6) is 0 Å². The van der Waals surface area contributed by atoms with Crippen molar-refractivity contribution in [3.63, 3.8) is 0 Å². The Hall–Kier alpha value is -6.24. The van der Waals surface area contributed by atoms with Crippen LogP contribution in [-0.2, 0) is 10.8 Å². The average molecular weight is 689 g/mol. The van der Waals surface area contributed by atoms with E-state index in [0.29, 0.717) is 0 Å². The van der Waals surface area contributed by atoms with Gasteiger partial charge in [-0.2, -0.15) is 0 Å². The standard InChI is InChI=1S/C54H40/c1-53(2)47-25-15-14-20-38(47)45-31-46-39-27-26-34(30-48(39)54(3,4)50(46)32-49(45)53)35-28-29-44(37-19-9-8-18-36(35)37)52-42-23-12-10-21-40(42)51(33-16-6-5-7-17-33)41-22-11-13-24-43(41)52/h5-32H,1-4H3. The quantitative estimate of drug-likeness (QED) is 0.162. The number of rotatable bonds is 3. The van der Waals surface area contributed by atoms with E-state index in [1.54, 1.807) is 0 Å². The number of hydrogen-bond acceptors (Lipinski definition) is 0. The summed E-state index contributed by atoms with van der Waals surface area (Å²) < 4.78 is 0. The number of hydrogen-bond donors (Lipinski definition) is 0. The average Bonchev–Trinajstić information content (AvgIpc) is 3.57. The van der Waals surface area contributed by atoms with Crippen LogP contribution in [0.1, 0.15) is 49.9 Å². The van der Waals surface area contributed by atoms with E-state index in [0.717, 1.165) is 0 Å². The van der Waals surface area contributed by atoms with Crippen LogP contribution in [0.2, 0.25) is 0 Å². The molecule has 0 aliphatic heterocycles. The Morgan fingerprint density at radius 1 is 0.259 bits per heavy atom. The van der Waals surface area contributed by atoms with Gasteiger partial charge in [-0.05, 0) is 122 Å². The predicted octanol–water partition coefficient (Wildman–Crippen LogP) is 14.8. The first kappa shape index (κ1) is 31.3. The minimum atomic E-state index is -0.116. The lowest BCUT2D eigenvalue weighted by Gasteiger charge is -2.26. The summed E-state index contributed by atoms with van der Waals surface area (Å²) in [5.41, 5.74) is 18.8. The highest BCUT2D eigenvalue weighted by atomic mass is 14.4. The fourth-order valence-corrected chi connectivity index (χ4v) is 10.2. The maximum Gasteiger partial charge on any atom is 0.0159 e. The normalized spacial score (nSPS) is 14.6. The van der Waals surface area contributed by atoms with Gasteiger partial charge in [0.25, 0.3) is 0 Å². The molecule has 0 N–H and O–H groups in total. The fraction of sp³-hybridized carbons (Fsp3) is 0.111. The van der Waals surface area contributed by atoms with Crippen LogP contribution in [0, 0.1) is 0 Å². The van der Waals surface area contributed by atoms with Crippen LogP contribution in [0.25, 0.3) is 88.0 Å². The van der Waals surface area contributed by atoms with Crippen LogP contribution in [0.15, 0.2) is 170 Å². The van der Waals surface area contributed by atoms with Crippen LogP contribution in [0.3, 0.4) is 0 Å². The topological polar surface area (TPSA) is 0 Å². The molecule has 11 rings (SSSR count). The molecule has 9 aromatic carbocycles. The molecule has 0 fully saturated rings. The third-order valence-electron chi connectivity index (χ3n) is 12.9. The number of benzene rings is 9. The summed E-state index contributed by atoms with van der Waals surface area (Å²) >= 11 is 0. The van der Waals surface area contributed by atoms with Crippen molar-refractivity contribution in [1.29, 1.82) is 0 Å². The maximum absolute atomic E-state index is 2.53. The molecule has 0 spiro atoms. The van der Waals surface area contributed by atoms with Gasteiger partial charge in [-0.15, -0.1) is 0 Å². The van der Waals surface area contributed by atoms with Crippen molar-refractivity contribution in [2.45, 2.75) is 38.5 Å². The van der Waals surface area contributed by atoms with Gasteiger partial charge in [0.05, 0.1) is 0 Å². The van der Waals surface area contributed by atoms with Gasteiger partial charge in [0.15, 0.2) is 0 Å². The minimum absolute atomic E-state index is 0.0177. The fourth-order valence-electron chi connectivity index (χ4n) is 10.2. The van der Waals surface area contributed by atoms with E-state index in [1.807, 2.05) is 0 Å². The Morgan fingerprint density at radius 2 is 0.704 bits per heavy atom. The lowest BCUT2D eigenvalue weighted by molar-refractivity contribution is 0.639. The SMILES string of the molecule is CC1(C)c2ccccc2-c2cc3c(cc21)C(C)(C)c1cc(-c2ccc(-c4c5ccccc5c(-c5ccccc5)c5ccccc45)c4ccccc24)ccc1-3. The van der Waals surface area contributed by atoms with E-state index >= 15 is 0 Å². The van der Waals surface area contributed by atoms with Crippen molar-refractivity contribution < 1.29 is 0 Å². The largest absolute Gasteiger partial charge is 0.0622 e. The van der Waals surface area contributed by atoms with Crippen LogP contribution >= 0.6 is 0 Å². The molecule has 256 valence electrons. The molecule has 0 bridgehead atoms. The molecule has 0 saturated carbocycles. The molecular formula is C54H40. The molecule has 9 aromatic rings. The molecule has 0 unspecified atom stereocenters. The summed E-state index contributed by atoms with van der Waals surface area (Å²) in [7, 11) is 0. The molecule has 54 heavy (non-hydrogen) atoms. The van der Waals surface area contributed by atoms with Crippen molar-refractivity contribution >= 4 is 32.3 Å². The summed E-state index contributed by atoms with van der Waals surface area (Å²) in [6.45, 7) is 9.60. The van der Waals surface area contributed by atoms with Crippen LogP contribution < -0.4 is 0 Å². The summed E-state index contributed by atoms with van der Waals surface area (Å²) in [5.74, 6) is 0. The van der Waals surface area contributed by atoms with Gasteiger partial charge in [0, 0.05) is 10.8 Å². The second-order valence-corrected chi connectivity index (χ2v) is 16.4. The molecule has 0 aromatic heterocycles. The summed E-state index contributed by atoms with van der Waals surface area (Å²) in [6.07, 6.45) is 0. The Morgan fingerprint density at radius 3 is 1.35 bits per heavy atom. The Bertz CT molecular complexity index is 2970. The number of fused-ring (bicyclic) bond motifs is 9. The molecule has 2 aliphatic rings. The van der Waals surface area contributed by atoms with E-state index < -0.39 is 0 Å². The van der Waals surface area contributed by atoms with E-state index in [4.69, 9.17) is 0 Å². The first-order chi connectivity index (χ1) is 26.3. The zero-order valence-corrected chi connectivity index (χ0v) is 31.2. The molecule has 0 saturated heterocycles. The van der Waals surface area contributed by atoms with E-state index in [-0.39, 0.29) is 10.8 Å². The molecule has 0 radical (unpaired) electrons. The van der Waals surface area contributed by atoms with Gasteiger partial charge in [0.2, 0.25) is 0 Å². The van der Waals surface area contributed by atoms with Crippen LogP contribution in [-0.4, -0.2) is 0 Å². The summed E-state index contributed by atoms with van der Waals surface area (Å²) in [5, 5.41) is 7.68. The second-order valence-electron chi connectivity index (χ2n) is 16.4. The van der Waals surface area contributed by atoms with Crippen molar-refractivity contribution in [3.05, 3.63) is 192 Å². The molecule has 0 nitrogen and oxygen atoms in total.